The topological polar surface area (TPSA) is 6.48 Å². The van der Waals surface area contributed by atoms with Gasteiger partial charge >= 0.3 is 0 Å². The molecule has 8 aromatic carbocycles. The molecular formula is C51H39FN2. The average Bonchev–Trinajstić information content (AvgIpc) is 3.23. The van der Waals surface area contributed by atoms with Gasteiger partial charge in [0.05, 0.1) is 0 Å². The lowest BCUT2D eigenvalue weighted by atomic mass is 10.0. The molecule has 54 heavy (non-hydrogen) atoms. The third-order valence-electron chi connectivity index (χ3n) is 9.61. The van der Waals surface area contributed by atoms with Crippen LogP contribution in [0.15, 0.2) is 206 Å². The Balaban J connectivity index is 0.978. The Bertz CT molecular complexity index is 2390. The minimum atomic E-state index is -0.249. The van der Waals surface area contributed by atoms with Crippen LogP contribution in [0.1, 0.15) is 16.7 Å². The highest BCUT2D eigenvalue weighted by molar-refractivity contribution is 5.81. The highest BCUT2D eigenvalue weighted by Gasteiger charge is 2.14. The van der Waals surface area contributed by atoms with E-state index >= 15 is 0 Å². The molecule has 0 fully saturated rings. The number of hydrogen-bond donors (Lipinski definition) is 0. The monoisotopic (exact) mass is 698 g/mol. The van der Waals surface area contributed by atoms with E-state index in [9.17, 15) is 4.39 Å². The number of nitrogens with zero attached hydrogens (tertiary/aromatic N) is 2. The van der Waals surface area contributed by atoms with Crippen LogP contribution in [0.5, 0.6) is 0 Å². The summed E-state index contributed by atoms with van der Waals surface area (Å²) >= 11 is 0. The van der Waals surface area contributed by atoms with Crippen LogP contribution >= 0.6 is 0 Å². The van der Waals surface area contributed by atoms with E-state index < -0.39 is 0 Å². The van der Waals surface area contributed by atoms with Gasteiger partial charge in [0.2, 0.25) is 0 Å². The lowest BCUT2D eigenvalue weighted by Crippen LogP contribution is -2.09. The molecule has 0 amide bonds. The Labute approximate surface area is 317 Å². The summed E-state index contributed by atoms with van der Waals surface area (Å²) in [5, 5.41) is 0. The van der Waals surface area contributed by atoms with Crippen LogP contribution in [0.25, 0.3) is 34.4 Å². The van der Waals surface area contributed by atoms with Crippen molar-refractivity contribution in [2.45, 2.75) is 6.92 Å². The first-order valence-electron chi connectivity index (χ1n) is 18.2. The quantitative estimate of drug-likeness (QED) is 0.131. The first-order valence-corrected chi connectivity index (χ1v) is 18.2. The minimum absolute atomic E-state index is 0.249. The minimum Gasteiger partial charge on any atom is -0.311 e. The van der Waals surface area contributed by atoms with Crippen LogP contribution in [0.3, 0.4) is 0 Å². The third-order valence-corrected chi connectivity index (χ3v) is 9.61. The Hall–Kier alpha value is -6.97. The molecule has 0 saturated carbocycles. The van der Waals surface area contributed by atoms with Crippen LogP contribution in [-0.2, 0) is 0 Å². The molecule has 0 aliphatic carbocycles. The highest BCUT2D eigenvalue weighted by atomic mass is 19.1. The van der Waals surface area contributed by atoms with Gasteiger partial charge in [-0.05, 0) is 125 Å². The number of para-hydroxylation sites is 1. The maximum absolute atomic E-state index is 13.8. The van der Waals surface area contributed by atoms with Crippen LogP contribution in [-0.4, -0.2) is 0 Å². The van der Waals surface area contributed by atoms with E-state index in [1.165, 1.54) is 34.4 Å². The number of benzene rings is 8. The molecule has 0 saturated heterocycles. The largest absolute Gasteiger partial charge is 0.311 e. The molecule has 8 rings (SSSR count). The Morgan fingerprint density at radius 2 is 0.611 bits per heavy atom. The zero-order chi connectivity index (χ0) is 36.7. The average molecular weight is 699 g/mol. The van der Waals surface area contributed by atoms with Gasteiger partial charge in [0.25, 0.3) is 0 Å². The van der Waals surface area contributed by atoms with Gasteiger partial charge in [0, 0.05) is 34.1 Å². The SMILES string of the molecule is Cc1ccc(N(c2ccc(F)cc2)c2ccc(/C=C/c3ccc(-c4ccc(N(c5ccccc5)c5ccc(-c6ccccc6)cc5)cc4)cc3)cc2)cc1. The molecule has 0 spiro atoms. The van der Waals surface area contributed by atoms with E-state index in [1.807, 2.05) is 18.2 Å². The van der Waals surface area contributed by atoms with Crippen molar-refractivity contribution in [1.82, 2.24) is 0 Å². The standard InChI is InChI=1S/C51H39FN2/c1-38-12-28-47(29-13-38)54(51-36-26-45(52)27-37-51)48-30-18-40(19-31-48)15-14-39-16-20-42(21-17-39)44-24-34-50(35-25-44)53(46-10-6-3-7-11-46)49-32-22-43(23-33-49)41-8-4-2-5-9-41/h2-37H,1H3/b15-14+. The predicted octanol–water partition coefficient (Wildman–Crippen LogP) is 14.6. The molecule has 0 unspecified atom stereocenters. The molecule has 0 aromatic heterocycles. The van der Waals surface area contributed by atoms with Gasteiger partial charge in [-0.1, -0.05) is 139 Å². The molecule has 3 heteroatoms. The Morgan fingerprint density at radius 1 is 0.315 bits per heavy atom. The van der Waals surface area contributed by atoms with Crippen molar-refractivity contribution in [3.63, 3.8) is 0 Å². The maximum atomic E-state index is 13.8. The zero-order valence-corrected chi connectivity index (χ0v) is 30.1. The zero-order valence-electron chi connectivity index (χ0n) is 30.1. The smallest absolute Gasteiger partial charge is 0.123 e. The van der Waals surface area contributed by atoms with E-state index in [2.05, 4.69) is 205 Å². The molecule has 0 atom stereocenters. The summed E-state index contributed by atoms with van der Waals surface area (Å²) in [7, 11) is 0. The maximum Gasteiger partial charge on any atom is 0.123 e. The van der Waals surface area contributed by atoms with Crippen LogP contribution in [0.2, 0.25) is 0 Å². The first kappa shape index (κ1) is 34.1. The summed E-state index contributed by atoms with van der Waals surface area (Å²) < 4.78 is 13.8. The van der Waals surface area contributed by atoms with E-state index in [0.29, 0.717) is 0 Å². The number of rotatable bonds is 10. The molecule has 0 heterocycles. The number of hydrogen-bond acceptors (Lipinski definition) is 2. The lowest BCUT2D eigenvalue weighted by Gasteiger charge is -2.26. The van der Waals surface area contributed by atoms with Crippen molar-refractivity contribution >= 4 is 46.3 Å². The second-order valence-electron chi connectivity index (χ2n) is 13.3. The molecular weight excluding hydrogens is 660 g/mol. The summed E-state index contributed by atoms with van der Waals surface area (Å²) in [4.78, 5) is 4.43. The fourth-order valence-electron chi connectivity index (χ4n) is 6.71. The van der Waals surface area contributed by atoms with Crippen molar-refractivity contribution in [3.05, 3.63) is 229 Å². The Morgan fingerprint density at radius 3 is 1.06 bits per heavy atom. The normalized spacial score (nSPS) is 11.1. The summed E-state index contributed by atoms with van der Waals surface area (Å²) in [6.07, 6.45) is 4.27. The van der Waals surface area contributed by atoms with Crippen molar-refractivity contribution in [3.8, 4) is 22.3 Å². The van der Waals surface area contributed by atoms with Gasteiger partial charge in [-0.3, -0.25) is 0 Å². The molecule has 0 aliphatic heterocycles. The molecule has 2 nitrogen and oxygen atoms in total. The lowest BCUT2D eigenvalue weighted by molar-refractivity contribution is 0.628. The van der Waals surface area contributed by atoms with Gasteiger partial charge in [0.1, 0.15) is 5.82 Å². The van der Waals surface area contributed by atoms with E-state index in [4.69, 9.17) is 0 Å². The summed E-state index contributed by atoms with van der Waals surface area (Å²) in [6, 6.07) is 70.6. The highest BCUT2D eigenvalue weighted by Crippen LogP contribution is 2.37. The van der Waals surface area contributed by atoms with Crippen LogP contribution in [0.4, 0.5) is 38.5 Å². The number of aryl methyl sites for hydroxylation is 1. The number of anilines is 6. The fourth-order valence-corrected chi connectivity index (χ4v) is 6.71. The van der Waals surface area contributed by atoms with Gasteiger partial charge in [0.15, 0.2) is 0 Å². The molecule has 0 N–H and O–H groups in total. The van der Waals surface area contributed by atoms with E-state index in [-0.39, 0.29) is 5.82 Å². The molecule has 0 radical (unpaired) electrons. The molecule has 8 aromatic rings. The van der Waals surface area contributed by atoms with Crippen LogP contribution in [0, 0.1) is 12.7 Å². The van der Waals surface area contributed by atoms with Gasteiger partial charge in [-0.25, -0.2) is 4.39 Å². The van der Waals surface area contributed by atoms with Crippen molar-refractivity contribution in [2.24, 2.45) is 0 Å². The second kappa shape index (κ2) is 15.7. The van der Waals surface area contributed by atoms with Crippen molar-refractivity contribution < 1.29 is 4.39 Å². The van der Waals surface area contributed by atoms with Crippen LogP contribution < -0.4 is 9.80 Å². The predicted molar refractivity (Wildman–Crippen MR) is 227 cm³/mol. The van der Waals surface area contributed by atoms with E-state index in [0.717, 1.165) is 50.8 Å². The Kier molecular flexibility index (Phi) is 9.94. The number of halogens is 1. The summed E-state index contributed by atoms with van der Waals surface area (Å²) in [5.74, 6) is -0.249. The molecule has 0 bridgehead atoms. The van der Waals surface area contributed by atoms with Gasteiger partial charge in [-0.15, -0.1) is 0 Å². The molecule has 260 valence electrons. The second-order valence-corrected chi connectivity index (χ2v) is 13.3. The van der Waals surface area contributed by atoms with E-state index in [1.54, 1.807) is 0 Å². The summed E-state index contributed by atoms with van der Waals surface area (Å²) in [6.45, 7) is 2.08. The molecule has 0 aliphatic rings. The summed E-state index contributed by atoms with van der Waals surface area (Å²) in [5.41, 5.74) is 14.4. The third kappa shape index (κ3) is 7.77. The fraction of sp³-hybridized carbons (Fsp3) is 0.0196. The first-order chi connectivity index (χ1) is 26.6. The van der Waals surface area contributed by atoms with Crippen molar-refractivity contribution in [1.29, 1.82) is 0 Å². The van der Waals surface area contributed by atoms with Gasteiger partial charge in [-0.2, -0.15) is 0 Å². The van der Waals surface area contributed by atoms with Crippen molar-refractivity contribution in [2.75, 3.05) is 9.80 Å². The van der Waals surface area contributed by atoms with Gasteiger partial charge < -0.3 is 9.80 Å².